The third-order valence-corrected chi connectivity index (χ3v) is 7.93. The van der Waals surface area contributed by atoms with E-state index in [9.17, 15) is 0 Å². The van der Waals surface area contributed by atoms with Crippen LogP contribution in [0.3, 0.4) is 0 Å². The molecule has 9 rings (SSSR count). The molecule has 0 amide bonds. The van der Waals surface area contributed by atoms with Crippen molar-refractivity contribution in [1.29, 1.82) is 0 Å². The lowest BCUT2D eigenvalue weighted by atomic mass is 10.1. The molecule has 226 valence electrons. The third kappa shape index (κ3) is 5.15. The summed E-state index contributed by atoms with van der Waals surface area (Å²) >= 11 is 0. The molecule has 0 atom stereocenters. The van der Waals surface area contributed by atoms with Crippen LogP contribution in [0.1, 0.15) is 0 Å². The monoisotopic (exact) mass is 621 g/mol. The first-order chi connectivity index (χ1) is 23.7. The van der Waals surface area contributed by atoms with Gasteiger partial charge in [-0.25, -0.2) is 34.9 Å². The van der Waals surface area contributed by atoms with Crippen molar-refractivity contribution in [2.24, 2.45) is 0 Å². The van der Waals surface area contributed by atoms with Crippen LogP contribution in [0.25, 0.3) is 90.8 Å². The van der Waals surface area contributed by atoms with Gasteiger partial charge in [0.15, 0.2) is 28.6 Å². The number of hydrogen-bond acceptors (Lipinski definition) is 9. The predicted molar refractivity (Wildman–Crippen MR) is 183 cm³/mol. The van der Waals surface area contributed by atoms with E-state index >= 15 is 0 Å². The quantitative estimate of drug-likeness (QED) is 0.179. The summed E-state index contributed by atoms with van der Waals surface area (Å²) in [4.78, 5) is 33.2. The Kier molecular flexibility index (Phi) is 6.57. The van der Waals surface area contributed by atoms with Gasteiger partial charge in [-0.15, -0.1) is 0 Å². The SMILES string of the molecule is c1ccc(-c2ccnc(-c3nc(-c4ccc(-c5nc6ccccc6o5)cc4)nc(-c4ccc(-c5nc6ccccc6o5)cc4)n3)n2)cc1. The molecule has 4 aromatic heterocycles. The van der Waals surface area contributed by atoms with E-state index in [1.807, 2.05) is 133 Å². The van der Waals surface area contributed by atoms with Gasteiger partial charge in [-0.3, -0.25) is 0 Å². The summed E-state index contributed by atoms with van der Waals surface area (Å²) in [7, 11) is 0. The number of nitrogens with zero attached hydrogens (tertiary/aromatic N) is 7. The van der Waals surface area contributed by atoms with E-state index in [2.05, 4.69) is 15.0 Å². The summed E-state index contributed by atoms with van der Waals surface area (Å²) in [5.74, 6) is 2.81. The van der Waals surface area contributed by atoms with Crippen molar-refractivity contribution < 1.29 is 8.83 Å². The number of benzene rings is 5. The lowest BCUT2D eigenvalue weighted by Gasteiger charge is -2.09. The van der Waals surface area contributed by atoms with E-state index in [0.717, 1.165) is 55.7 Å². The van der Waals surface area contributed by atoms with Crippen molar-refractivity contribution in [1.82, 2.24) is 34.9 Å². The Morgan fingerprint density at radius 1 is 0.333 bits per heavy atom. The molecule has 0 aliphatic rings. The van der Waals surface area contributed by atoms with E-state index in [-0.39, 0.29) is 0 Å². The fraction of sp³-hybridized carbons (Fsp3) is 0. The Balaban J connectivity index is 1.12. The number of para-hydroxylation sites is 4. The molecule has 0 saturated heterocycles. The van der Waals surface area contributed by atoms with E-state index in [4.69, 9.17) is 28.8 Å². The molecule has 0 radical (unpaired) electrons. The maximum Gasteiger partial charge on any atom is 0.227 e. The van der Waals surface area contributed by atoms with Crippen molar-refractivity contribution in [3.05, 3.63) is 140 Å². The first-order valence-corrected chi connectivity index (χ1v) is 15.3. The van der Waals surface area contributed by atoms with Crippen LogP contribution in [0.5, 0.6) is 0 Å². The van der Waals surface area contributed by atoms with Crippen LogP contribution in [0.2, 0.25) is 0 Å². The van der Waals surface area contributed by atoms with Gasteiger partial charge in [0.2, 0.25) is 17.6 Å². The molecule has 48 heavy (non-hydrogen) atoms. The molecular formula is C39H23N7O2. The highest BCUT2D eigenvalue weighted by molar-refractivity contribution is 5.78. The molecule has 9 nitrogen and oxygen atoms in total. The highest BCUT2D eigenvalue weighted by Gasteiger charge is 2.17. The Bertz CT molecular complexity index is 2360. The normalized spacial score (nSPS) is 11.3. The van der Waals surface area contributed by atoms with Crippen molar-refractivity contribution in [2.75, 3.05) is 0 Å². The largest absolute Gasteiger partial charge is 0.436 e. The number of aromatic nitrogens is 7. The topological polar surface area (TPSA) is 117 Å². The minimum absolute atomic E-state index is 0.360. The van der Waals surface area contributed by atoms with Crippen LogP contribution >= 0.6 is 0 Å². The smallest absolute Gasteiger partial charge is 0.227 e. The van der Waals surface area contributed by atoms with Gasteiger partial charge in [0.05, 0.1) is 5.69 Å². The van der Waals surface area contributed by atoms with E-state index < -0.39 is 0 Å². The molecule has 0 aliphatic heterocycles. The van der Waals surface area contributed by atoms with Crippen molar-refractivity contribution in [3.8, 4) is 68.6 Å². The molecule has 0 spiro atoms. The molecule has 0 saturated carbocycles. The van der Waals surface area contributed by atoms with Crippen LogP contribution in [-0.4, -0.2) is 34.9 Å². The second kappa shape index (κ2) is 11.5. The van der Waals surface area contributed by atoms with Crippen LogP contribution in [-0.2, 0) is 0 Å². The van der Waals surface area contributed by atoms with Gasteiger partial charge in [0.1, 0.15) is 11.0 Å². The van der Waals surface area contributed by atoms with Crippen LogP contribution in [0.15, 0.2) is 148 Å². The zero-order chi connectivity index (χ0) is 31.9. The Morgan fingerprint density at radius 2 is 0.812 bits per heavy atom. The molecule has 0 fully saturated rings. The molecule has 5 aromatic carbocycles. The van der Waals surface area contributed by atoms with Crippen molar-refractivity contribution in [3.63, 3.8) is 0 Å². The average molecular weight is 622 g/mol. The fourth-order valence-electron chi connectivity index (χ4n) is 5.49. The summed E-state index contributed by atoms with van der Waals surface area (Å²) in [6.07, 6.45) is 1.72. The summed E-state index contributed by atoms with van der Waals surface area (Å²) < 4.78 is 12.0. The van der Waals surface area contributed by atoms with Crippen molar-refractivity contribution >= 4 is 22.2 Å². The standard InChI is InChI=1S/C39H23N7O2/c1-2-8-24(9-3-1)29-22-23-40-36(41-29)37-45-34(25-14-18-27(19-15-25)38-42-30-10-4-6-12-32(30)47-38)44-35(46-37)26-16-20-28(21-17-26)39-43-31-11-5-7-13-33(31)48-39/h1-23H. The highest BCUT2D eigenvalue weighted by atomic mass is 16.4. The van der Waals surface area contributed by atoms with E-state index in [1.54, 1.807) is 6.20 Å². The Hall–Kier alpha value is -6.87. The van der Waals surface area contributed by atoms with Gasteiger partial charge in [0, 0.05) is 34.0 Å². The highest BCUT2D eigenvalue weighted by Crippen LogP contribution is 2.30. The Labute approximate surface area is 273 Å². The van der Waals surface area contributed by atoms with Crippen LogP contribution in [0.4, 0.5) is 0 Å². The molecule has 0 unspecified atom stereocenters. The minimum Gasteiger partial charge on any atom is -0.436 e. The van der Waals surface area contributed by atoms with Crippen LogP contribution < -0.4 is 0 Å². The second-order valence-electron chi connectivity index (χ2n) is 11.1. The number of hydrogen-bond donors (Lipinski definition) is 0. The summed E-state index contributed by atoms with van der Waals surface area (Å²) in [5, 5.41) is 0. The minimum atomic E-state index is 0.360. The number of oxazole rings is 2. The van der Waals surface area contributed by atoms with E-state index in [1.165, 1.54) is 0 Å². The molecule has 0 aliphatic carbocycles. The average Bonchev–Trinajstić information content (AvgIpc) is 3.80. The lowest BCUT2D eigenvalue weighted by molar-refractivity contribution is 0.619. The predicted octanol–water partition coefficient (Wildman–Crippen LogP) is 8.95. The fourth-order valence-corrected chi connectivity index (χ4v) is 5.49. The van der Waals surface area contributed by atoms with Gasteiger partial charge in [0.25, 0.3) is 0 Å². The maximum absolute atomic E-state index is 5.98. The molecule has 4 heterocycles. The van der Waals surface area contributed by atoms with Crippen LogP contribution in [0, 0.1) is 0 Å². The molecule has 9 heteroatoms. The van der Waals surface area contributed by atoms with E-state index in [0.29, 0.717) is 35.1 Å². The second-order valence-corrected chi connectivity index (χ2v) is 11.1. The maximum atomic E-state index is 5.98. The molecule has 0 N–H and O–H groups in total. The van der Waals surface area contributed by atoms with Crippen molar-refractivity contribution in [2.45, 2.75) is 0 Å². The summed E-state index contributed by atoms with van der Waals surface area (Å²) in [6, 6.07) is 42.8. The summed E-state index contributed by atoms with van der Waals surface area (Å²) in [5.41, 5.74) is 8.12. The third-order valence-electron chi connectivity index (χ3n) is 7.93. The number of fused-ring (bicyclic) bond motifs is 2. The number of rotatable bonds is 6. The molecular weight excluding hydrogens is 598 g/mol. The van der Waals surface area contributed by atoms with Gasteiger partial charge in [-0.05, 0) is 54.6 Å². The molecule has 9 aromatic rings. The van der Waals surface area contributed by atoms with Gasteiger partial charge in [-0.1, -0.05) is 78.9 Å². The summed E-state index contributed by atoms with van der Waals surface area (Å²) in [6.45, 7) is 0. The van der Waals surface area contributed by atoms with Gasteiger partial charge < -0.3 is 8.83 Å². The zero-order valence-electron chi connectivity index (χ0n) is 25.2. The lowest BCUT2D eigenvalue weighted by Crippen LogP contribution is -2.03. The zero-order valence-corrected chi connectivity index (χ0v) is 25.2. The first-order valence-electron chi connectivity index (χ1n) is 15.3. The Morgan fingerprint density at radius 3 is 1.35 bits per heavy atom. The van der Waals surface area contributed by atoms with Gasteiger partial charge in [-0.2, -0.15) is 0 Å². The van der Waals surface area contributed by atoms with Gasteiger partial charge >= 0.3 is 0 Å². The first kappa shape index (κ1) is 27.4. The molecule has 0 bridgehead atoms.